The molecule has 0 N–H and O–H groups in total. The van der Waals surface area contributed by atoms with Gasteiger partial charge in [0.1, 0.15) is 5.82 Å². The van der Waals surface area contributed by atoms with Gasteiger partial charge in [-0.1, -0.05) is 18.2 Å². The van der Waals surface area contributed by atoms with E-state index in [4.69, 9.17) is 0 Å². The molecule has 4 nitrogen and oxygen atoms in total. The molecule has 2 aromatic rings. The summed E-state index contributed by atoms with van der Waals surface area (Å²) in [6, 6.07) is 15.5. The van der Waals surface area contributed by atoms with E-state index in [1.54, 1.807) is 12.1 Å². The summed E-state index contributed by atoms with van der Waals surface area (Å²) >= 11 is 0. The Balaban J connectivity index is 1.29. The fraction of sp³-hybridized carbons (Fsp3) is 0.409. The summed E-state index contributed by atoms with van der Waals surface area (Å²) in [7, 11) is 0. The van der Waals surface area contributed by atoms with Crippen LogP contribution in [0.4, 0.5) is 15.8 Å². The quantitative estimate of drug-likeness (QED) is 0.830. The van der Waals surface area contributed by atoms with Crippen molar-refractivity contribution in [3.8, 4) is 0 Å². The maximum absolute atomic E-state index is 13.1. The van der Waals surface area contributed by atoms with Crippen LogP contribution in [0.1, 0.15) is 18.9 Å². The molecule has 1 saturated heterocycles. The topological polar surface area (TPSA) is 26.8 Å². The molecule has 2 aliphatic heterocycles. The Labute approximate surface area is 160 Å². The highest BCUT2D eigenvalue weighted by Crippen LogP contribution is 2.31. The smallest absolute Gasteiger partial charge is 0.224 e. The number of piperazine rings is 1. The van der Waals surface area contributed by atoms with Gasteiger partial charge in [0.2, 0.25) is 5.91 Å². The van der Waals surface area contributed by atoms with Gasteiger partial charge in [-0.25, -0.2) is 4.39 Å². The maximum atomic E-state index is 13.1. The van der Waals surface area contributed by atoms with Gasteiger partial charge in [-0.15, -0.1) is 0 Å². The molecule has 0 spiro atoms. The first kappa shape index (κ1) is 17.8. The van der Waals surface area contributed by atoms with Crippen LogP contribution in [-0.2, 0) is 11.2 Å². The molecule has 2 aliphatic rings. The Morgan fingerprint density at radius 3 is 2.48 bits per heavy atom. The van der Waals surface area contributed by atoms with Crippen molar-refractivity contribution in [1.82, 2.24) is 4.90 Å². The average Bonchev–Trinajstić information content (AvgIpc) is 3.02. The van der Waals surface area contributed by atoms with Gasteiger partial charge in [0.15, 0.2) is 0 Å². The molecule has 1 amide bonds. The summed E-state index contributed by atoms with van der Waals surface area (Å²) < 4.78 is 13.1. The van der Waals surface area contributed by atoms with Gasteiger partial charge in [0.25, 0.3) is 0 Å². The van der Waals surface area contributed by atoms with E-state index in [1.165, 1.54) is 23.4 Å². The van der Waals surface area contributed by atoms with Crippen molar-refractivity contribution in [2.24, 2.45) is 0 Å². The van der Waals surface area contributed by atoms with Gasteiger partial charge in [-0.3, -0.25) is 4.79 Å². The summed E-state index contributed by atoms with van der Waals surface area (Å²) in [6.07, 6.45) is 1.61. The third kappa shape index (κ3) is 3.77. The Morgan fingerprint density at radius 1 is 1.04 bits per heavy atom. The van der Waals surface area contributed by atoms with Crippen molar-refractivity contribution in [2.75, 3.05) is 42.5 Å². The third-order valence-electron chi connectivity index (χ3n) is 5.74. The van der Waals surface area contributed by atoms with E-state index in [-0.39, 0.29) is 11.7 Å². The maximum Gasteiger partial charge on any atom is 0.224 e. The number of carbonyl (C=O) groups is 1. The van der Waals surface area contributed by atoms with E-state index in [2.05, 4.69) is 41.0 Å². The van der Waals surface area contributed by atoms with Crippen molar-refractivity contribution in [2.45, 2.75) is 25.8 Å². The van der Waals surface area contributed by atoms with Crippen LogP contribution < -0.4 is 9.80 Å². The lowest BCUT2D eigenvalue weighted by atomic mass is 10.1. The van der Waals surface area contributed by atoms with Crippen molar-refractivity contribution in [3.05, 3.63) is 59.9 Å². The Morgan fingerprint density at radius 2 is 1.74 bits per heavy atom. The Kier molecular flexibility index (Phi) is 5.01. The number of fused-ring (bicyclic) bond motifs is 1. The number of nitrogens with zero attached hydrogens (tertiary/aromatic N) is 3. The van der Waals surface area contributed by atoms with E-state index < -0.39 is 0 Å². The zero-order valence-electron chi connectivity index (χ0n) is 15.8. The molecular formula is C22H26FN3O. The minimum atomic E-state index is -0.217. The monoisotopic (exact) mass is 367 g/mol. The normalized spacial score (nSPS) is 19.3. The fourth-order valence-corrected chi connectivity index (χ4v) is 4.21. The van der Waals surface area contributed by atoms with Crippen LogP contribution in [-0.4, -0.2) is 49.6 Å². The number of hydrogen-bond donors (Lipinski definition) is 0. The minimum absolute atomic E-state index is 0.217. The molecule has 0 unspecified atom stereocenters. The van der Waals surface area contributed by atoms with Crippen LogP contribution in [0.3, 0.4) is 0 Å². The molecule has 0 bridgehead atoms. The number of para-hydroxylation sites is 1. The highest BCUT2D eigenvalue weighted by atomic mass is 19.1. The summed E-state index contributed by atoms with van der Waals surface area (Å²) in [4.78, 5) is 19.2. The third-order valence-corrected chi connectivity index (χ3v) is 5.74. The van der Waals surface area contributed by atoms with Crippen molar-refractivity contribution >= 4 is 17.3 Å². The van der Waals surface area contributed by atoms with Crippen molar-refractivity contribution in [3.63, 3.8) is 0 Å². The standard InChI is InChI=1S/C22H26FN3O/c1-17-16-18-4-2-3-5-21(18)26(17)11-10-22(27)25-14-12-24(13-15-25)20-8-6-19(23)7-9-20/h2-9,17H,10-16H2,1H3/t17-/m0/s1. The zero-order valence-corrected chi connectivity index (χ0v) is 15.8. The van der Waals surface area contributed by atoms with Gasteiger partial charge in [-0.2, -0.15) is 0 Å². The SMILES string of the molecule is C[C@H]1Cc2ccccc2N1CCC(=O)N1CCN(c2ccc(F)cc2)CC1. The first-order valence-corrected chi connectivity index (χ1v) is 9.74. The molecule has 0 saturated carbocycles. The highest BCUT2D eigenvalue weighted by molar-refractivity contribution is 5.77. The summed E-state index contributed by atoms with van der Waals surface area (Å²) in [5, 5.41) is 0. The number of amides is 1. The van der Waals surface area contributed by atoms with Gasteiger partial charge >= 0.3 is 0 Å². The molecule has 0 aliphatic carbocycles. The molecule has 5 heteroatoms. The van der Waals surface area contributed by atoms with Gasteiger partial charge in [0.05, 0.1) is 0 Å². The number of carbonyl (C=O) groups excluding carboxylic acids is 1. The lowest BCUT2D eigenvalue weighted by Gasteiger charge is -2.36. The van der Waals surface area contributed by atoms with Gasteiger partial charge < -0.3 is 14.7 Å². The highest BCUT2D eigenvalue weighted by Gasteiger charge is 2.27. The van der Waals surface area contributed by atoms with Crippen LogP contribution in [0.5, 0.6) is 0 Å². The van der Waals surface area contributed by atoms with E-state index in [0.29, 0.717) is 12.5 Å². The predicted octanol–water partition coefficient (Wildman–Crippen LogP) is 3.32. The molecule has 2 aromatic carbocycles. The first-order valence-electron chi connectivity index (χ1n) is 9.74. The summed E-state index contributed by atoms with van der Waals surface area (Å²) in [5.41, 5.74) is 3.68. The fourth-order valence-electron chi connectivity index (χ4n) is 4.21. The summed E-state index contributed by atoms with van der Waals surface area (Å²) in [5.74, 6) is 0.00983. The largest absolute Gasteiger partial charge is 0.368 e. The van der Waals surface area contributed by atoms with Crippen LogP contribution in [0, 0.1) is 5.82 Å². The van der Waals surface area contributed by atoms with Crippen LogP contribution >= 0.6 is 0 Å². The molecule has 0 radical (unpaired) electrons. The number of benzene rings is 2. The molecular weight excluding hydrogens is 341 g/mol. The second-order valence-corrected chi connectivity index (χ2v) is 7.47. The average molecular weight is 367 g/mol. The molecule has 1 atom stereocenters. The van der Waals surface area contributed by atoms with Gasteiger partial charge in [-0.05, 0) is 49.2 Å². The van der Waals surface area contributed by atoms with Crippen LogP contribution in [0.15, 0.2) is 48.5 Å². The van der Waals surface area contributed by atoms with E-state index in [0.717, 1.165) is 44.8 Å². The number of hydrogen-bond acceptors (Lipinski definition) is 3. The lowest BCUT2D eigenvalue weighted by Crippen LogP contribution is -2.49. The van der Waals surface area contributed by atoms with Crippen molar-refractivity contribution in [1.29, 1.82) is 0 Å². The molecule has 142 valence electrons. The van der Waals surface area contributed by atoms with Crippen LogP contribution in [0.2, 0.25) is 0 Å². The lowest BCUT2D eigenvalue weighted by molar-refractivity contribution is -0.131. The van der Waals surface area contributed by atoms with Crippen LogP contribution in [0.25, 0.3) is 0 Å². The number of halogens is 1. The summed E-state index contributed by atoms with van der Waals surface area (Å²) in [6.45, 7) is 6.03. The number of rotatable bonds is 4. The van der Waals surface area contributed by atoms with E-state index in [9.17, 15) is 9.18 Å². The van der Waals surface area contributed by atoms with Crippen molar-refractivity contribution < 1.29 is 9.18 Å². The minimum Gasteiger partial charge on any atom is -0.368 e. The molecule has 1 fully saturated rings. The molecule has 27 heavy (non-hydrogen) atoms. The predicted molar refractivity (Wildman–Crippen MR) is 107 cm³/mol. The zero-order chi connectivity index (χ0) is 18.8. The Hall–Kier alpha value is -2.56. The molecule has 2 heterocycles. The second kappa shape index (κ2) is 7.59. The second-order valence-electron chi connectivity index (χ2n) is 7.47. The first-order chi connectivity index (χ1) is 13.1. The van der Waals surface area contributed by atoms with E-state index >= 15 is 0 Å². The Bertz CT molecular complexity index is 799. The molecule has 0 aromatic heterocycles. The van der Waals surface area contributed by atoms with Gasteiger partial charge in [0, 0.05) is 56.6 Å². The van der Waals surface area contributed by atoms with E-state index in [1.807, 2.05) is 4.90 Å². The molecule has 4 rings (SSSR count). The number of anilines is 2.